The van der Waals surface area contributed by atoms with E-state index in [9.17, 15) is 9.90 Å². The van der Waals surface area contributed by atoms with E-state index in [1.54, 1.807) is 0 Å². The summed E-state index contributed by atoms with van der Waals surface area (Å²) in [7, 11) is 0. The zero-order valence-electron chi connectivity index (χ0n) is 15.6. The van der Waals surface area contributed by atoms with Crippen molar-refractivity contribution < 1.29 is 9.90 Å². The number of aromatic hydroxyl groups is 1. The van der Waals surface area contributed by atoms with Gasteiger partial charge in [0.05, 0.1) is 11.3 Å². The van der Waals surface area contributed by atoms with Gasteiger partial charge in [0.1, 0.15) is 0 Å². The first-order chi connectivity index (χ1) is 13.2. The van der Waals surface area contributed by atoms with Crippen LogP contribution in [0, 0.1) is 5.92 Å². The lowest BCUT2D eigenvalue weighted by atomic mass is 9.89. The zero-order chi connectivity index (χ0) is 18.6. The Labute approximate surface area is 164 Å². The molecule has 2 aliphatic rings. The van der Waals surface area contributed by atoms with Crippen molar-refractivity contribution in [2.24, 2.45) is 5.92 Å². The van der Waals surface area contributed by atoms with E-state index in [4.69, 9.17) is 0 Å². The van der Waals surface area contributed by atoms with Crippen LogP contribution in [0.5, 0.6) is 5.88 Å². The summed E-state index contributed by atoms with van der Waals surface area (Å²) in [5.41, 5.74) is 2.55. The number of hydrogen-bond donors (Lipinski definition) is 2. The lowest BCUT2D eigenvalue weighted by Gasteiger charge is -2.28. The molecule has 1 amide bonds. The van der Waals surface area contributed by atoms with Gasteiger partial charge < -0.3 is 15.3 Å². The Balaban J connectivity index is 1.34. The second-order valence-corrected chi connectivity index (χ2v) is 8.75. The fourth-order valence-corrected chi connectivity index (χ4v) is 4.97. The third-order valence-electron chi connectivity index (χ3n) is 5.74. The van der Waals surface area contributed by atoms with Crippen LogP contribution in [0.2, 0.25) is 0 Å². The summed E-state index contributed by atoms with van der Waals surface area (Å²) in [6.07, 6.45) is 7.63. The summed E-state index contributed by atoms with van der Waals surface area (Å²) in [6.45, 7) is 2.30. The zero-order valence-corrected chi connectivity index (χ0v) is 16.4. The summed E-state index contributed by atoms with van der Waals surface area (Å²) in [5.74, 6) is 0.752. The fourth-order valence-electron chi connectivity index (χ4n) is 4.12. The Morgan fingerprint density at radius 3 is 2.81 bits per heavy atom. The first-order valence-electron chi connectivity index (χ1n) is 9.96. The maximum Gasteiger partial charge on any atom is 0.228 e. The number of carbonyl (C=O) groups excluding carboxylic acids is 1. The quantitative estimate of drug-likeness (QED) is 0.817. The molecule has 2 N–H and O–H groups in total. The third-order valence-corrected chi connectivity index (χ3v) is 6.74. The maximum atomic E-state index is 12.7. The second kappa shape index (κ2) is 8.30. The molecular formula is C21H27N3O2S. The van der Waals surface area contributed by atoms with E-state index in [1.807, 2.05) is 17.0 Å². The number of thiazole rings is 1. The number of hydrogen-bond acceptors (Lipinski definition) is 5. The van der Waals surface area contributed by atoms with Crippen molar-refractivity contribution in [3.63, 3.8) is 0 Å². The predicted molar refractivity (Wildman–Crippen MR) is 108 cm³/mol. The maximum absolute atomic E-state index is 12.7. The van der Waals surface area contributed by atoms with Gasteiger partial charge in [0.15, 0.2) is 5.13 Å². The van der Waals surface area contributed by atoms with Gasteiger partial charge in [-0.2, -0.15) is 4.98 Å². The molecule has 6 heteroatoms. The number of anilines is 1. The molecule has 1 fully saturated rings. The highest BCUT2D eigenvalue weighted by molar-refractivity contribution is 7.16. The minimum absolute atomic E-state index is 0.00287. The lowest BCUT2D eigenvalue weighted by molar-refractivity contribution is -0.131. The predicted octanol–water partition coefficient (Wildman–Crippen LogP) is 3.97. The lowest BCUT2D eigenvalue weighted by Crippen LogP contribution is -2.36. The smallest absolute Gasteiger partial charge is 0.228 e. The highest BCUT2D eigenvalue weighted by Gasteiger charge is 2.23. The van der Waals surface area contributed by atoms with Gasteiger partial charge in [-0.25, -0.2) is 0 Å². The van der Waals surface area contributed by atoms with Crippen LogP contribution in [0.15, 0.2) is 24.3 Å². The van der Waals surface area contributed by atoms with Crippen LogP contribution < -0.4 is 5.32 Å². The third kappa shape index (κ3) is 4.43. The molecule has 0 unspecified atom stereocenters. The molecule has 1 saturated carbocycles. The van der Waals surface area contributed by atoms with Crippen LogP contribution >= 0.6 is 11.3 Å². The van der Waals surface area contributed by atoms with Gasteiger partial charge in [-0.15, -0.1) is 0 Å². The molecule has 1 aromatic carbocycles. The molecule has 1 aromatic heterocycles. The molecule has 27 heavy (non-hydrogen) atoms. The molecule has 2 heterocycles. The summed E-state index contributed by atoms with van der Waals surface area (Å²) < 4.78 is 0. The van der Waals surface area contributed by atoms with Gasteiger partial charge >= 0.3 is 0 Å². The molecule has 0 spiro atoms. The van der Waals surface area contributed by atoms with E-state index in [2.05, 4.69) is 22.4 Å². The van der Waals surface area contributed by atoms with Crippen LogP contribution in [0.1, 0.15) is 48.1 Å². The highest BCUT2D eigenvalue weighted by atomic mass is 32.1. The molecule has 4 rings (SSSR count). The van der Waals surface area contributed by atoms with E-state index in [0.717, 1.165) is 24.6 Å². The molecule has 2 aromatic rings. The fraction of sp³-hybridized carbons (Fsp3) is 0.524. The van der Waals surface area contributed by atoms with Crippen molar-refractivity contribution in [3.05, 3.63) is 40.3 Å². The standard InChI is InChI=1S/C21H27N3O2S/c25-19(24-11-10-16-8-4-5-9-17(16)14-24)12-18-20(26)23-21(27-18)22-13-15-6-2-1-3-7-15/h4-5,8-9,15,26H,1-3,6-7,10-14H2,(H,22,23). The first kappa shape index (κ1) is 18.3. The highest BCUT2D eigenvalue weighted by Crippen LogP contribution is 2.31. The van der Waals surface area contributed by atoms with Gasteiger partial charge in [-0.1, -0.05) is 54.9 Å². The average Bonchev–Trinajstić information content (AvgIpc) is 3.06. The van der Waals surface area contributed by atoms with Crippen molar-refractivity contribution in [2.45, 2.75) is 51.5 Å². The average molecular weight is 386 g/mol. The van der Waals surface area contributed by atoms with E-state index in [1.165, 1.54) is 54.6 Å². The Morgan fingerprint density at radius 1 is 1.22 bits per heavy atom. The van der Waals surface area contributed by atoms with Crippen LogP contribution in [-0.2, 0) is 24.2 Å². The van der Waals surface area contributed by atoms with Gasteiger partial charge in [-0.3, -0.25) is 4.79 Å². The molecule has 0 saturated heterocycles. The molecule has 1 aliphatic carbocycles. The van der Waals surface area contributed by atoms with E-state index in [-0.39, 0.29) is 18.2 Å². The molecule has 1 aliphatic heterocycles. The molecular weight excluding hydrogens is 358 g/mol. The summed E-state index contributed by atoms with van der Waals surface area (Å²) in [6, 6.07) is 8.29. The van der Waals surface area contributed by atoms with Crippen molar-refractivity contribution >= 4 is 22.4 Å². The Bertz CT molecular complexity index is 798. The van der Waals surface area contributed by atoms with Gasteiger partial charge in [0, 0.05) is 19.6 Å². The molecule has 0 bridgehead atoms. The second-order valence-electron chi connectivity index (χ2n) is 7.66. The van der Waals surface area contributed by atoms with Crippen molar-refractivity contribution in [3.8, 4) is 5.88 Å². The SMILES string of the molecule is O=C(Cc1sc(NCC2CCCCC2)nc1O)N1CCc2ccccc2C1. The Hall–Kier alpha value is -2.08. The Kier molecular flexibility index (Phi) is 5.62. The Morgan fingerprint density at radius 2 is 2.00 bits per heavy atom. The number of carbonyl (C=O) groups is 1. The van der Waals surface area contributed by atoms with Crippen molar-refractivity contribution in [2.75, 3.05) is 18.4 Å². The van der Waals surface area contributed by atoms with Crippen LogP contribution in [0.4, 0.5) is 5.13 Å². The number of amides is 1. The summed E-state index contributed by atoms with van der Waals surface area (Å²) >= 11 is 1.41. The van der Waals surface area contributed by atoms with Gasteiger partial charge in [0.25, 0.3) is 0 Å². The molecule has 0 radical (unpaired) electrons. The number of benzene rings is 1. The van der Waals surface area contributed by atoms with Crippen LogP contribution in [-0.4, -0.2) is 34.0 Å². The number of fused-ring (bicyclic) bond motifs is 1. The topological polar surface area (TPSA) is 65.5 Å². The largest absolute Gasteiger partial charge is 0.492 e. The first-order valence-corrected chi connectivity index (χ1v) is 10.8. The van der Waals surface area contributed by atoms with Gasteiger partial charge in [0.2, 0.25) is 11.8 Å². The minimum atomic E-state index is -0.00287. The number of rotatable bonds is 5. The minimum Gasteiger partial charge on any atom is -0.492 e. The number of aromatic nitrogens is 1. The van der Waals surface area contributed by atoms with E-state index < -0.39 is 0 Å². The van der Waals surface area contributed by atoms with Crippen molar-refractivity contribution in [1.82, 2.24) is 9.88 Å². The summed E-state index contributed by atoms with van der Waals surface area (Å²) in [5, 5.41) is 14.3. The molecule has 0 atom stereocenters. The monoisotopic (exact) mass is 385 g/mol. The van der Waals surface area contributed by atoms with Crippen LogP contribution in [0.25, 0.3) is 0 Å². The molecule has 144 valence electrons. The van der Waals surface area contributed by atoms with Gasteiger partial charge in [-0.05, 0) is 36.3 Å². The normalized spacial score (nSPS) is 17.6. The van der Waals surface area contributed by atoms with E-state index in [0.29, 0.717) is 17.3 Å². The number of nitrogens with zero attached hydrogens (tertiary/aromatic N) is 2. The van der Waals surface area contributed by atoms with Crippen molar-refractivity contribution in [1.29, 1.82) is 0 Å². The van der Waals surface area contributed by atoms with Crippen LogP contribution in [0.3, 0.4) is 0 Å². The molecule has 5 nitrogen and oxygen atoms in total. The van der Waals surface area contributed by atoms with E-state index >= 15 is 0 Å². The number of nitrogens with one attached hydrogen (secondary N) is 1. The summed E-state index contributed by atoms with van der Waals surface area (Å²) in [4.78, 5) is 19.5.